The third-order valence-electron chi connectivity index (χ3n) is 3.04. The number of nitrogens with zero attached hydrogens (tertiary/aromatic N) is 3. The van der Waals surface area contributed by atoms with Crippen LogP contribution in [0.15, 0.2) is 22.9 Å². The number of aromatic nitrogens is 1. The predicted molar refractivity (Wildman–Crippen MR) is 70.3 cm³/mol. The smallest absolute Gasteiger partial charge is 0.336 e. The zero-order valence-electron chi connectivity index (χ0n) is 10.5. The zero-order valence-corrected chi connectivity index (χ0v) is 12.1. The van der Waals surface area contributed by atoms with Gasteiger partial charge in [-0.05, 0) is 28.1 Å². The average molecular weight is 352 g/mol. The molecule has 1 aliphatic rings. The molecular weight excluding hydrogens is 339 g/mol. The van der Waals surface area contributed by atoms with Crippen LogP contribution >= 0.6 is 15.9 Å². The predicted octanol–water partition coefficient (Wildman–Crippen LogP) is 2.16. The third kappa shape index (κ3) is 4.17. The fraction of sp³-hybridized carbons (Fsp3) is 0.500. The monoisotopic (exact) mass is 351 g/mol. The van der Waals surface area contributed by atoms with E-state index in [0.717, 1.165) is 0 Å². The summed E-state index contributed by atoms with van der Waals surface area (Å²) in [6, 6.07) is 3.30. The van der Waals surface area contributed by atoms with Crippen LogP contribution in [-0.2, 0) is 0 Å². The van der Waals surface area contributed by atoms with Gasteiger partial charge in [-0.25, -0.2) is 4.98 Å². The molecule has 20 heavy (non-hydrogen) atoms. The van der Waals surface area contributed by atoms with Crippen molar-refractivity contribution in [1.82, 2.24) is 14.8 Å². The molecule has 1 aromatic heterocycles. The highest BCUT2D eigenvalue weighted by Crippen LogP contribution is 2.18. The summed E-state index contributed by atoms with van der Waals surface area (Å²) in [5.41, 5.74) is 0.442. The topological polar surface area (TPSA) is 36.4 Å². The fourth-order valence-corrected chi connectivity index (χ4v) is 2.28. The Kier molecular flexibility index (Phi) is 4.64. The summed E-state index contributed by atoms with van der Waals surface area (Å²) in [5, 5.41) is 0. The number of pyridine rings is 1. The Morgan fingerprint density at radius 1 is 1.25 bits per heavy atom. The summed E-state index contributed by atoms with van der Waals surface area (Å²) < 4.78 is 37.4. The van der Waals surface area contributed by atoms with E-state index in [2.05, 4.69) is 20.9 Å². The molecule has 0 radical (unpaired) electrons. The molecule has 1 saturated heterocycles. The lowest BCUT2D eigenvalue weighted by molar-refractivity contribution is -0.148. The summed E-state index contributed by atoms with van der Waals surface area (Å²) in [6.45, 7) is 0.134. The van der Waals surface area contributed by atoms with Crippen LogP contribution < -0.4 is 0 Å². The maximum atomic E-state index is 12.3. The Morgan fingerprint density at radius 3 is 2.40 bits per heavy atom. The molecule has 0 bridgehead atoms. The van der Waals surface area contributed by atoms with Crippen LogP contribution in [0.5, 0.6) is 0 Å². The van der Waals surface area contributed by atoms with Crippen LogP contribution in [0.2, 0.25) is 0 Å². The first-order valence-electron chi connectivity index (χ1n) is 6.05. The SMILES string of the molecule is O=C(c1ccc(Br)nc1)N1CCN(CC(F)(F)F)CC1. The van der Waals surface area contributed by atoms with Gasteiger partial charge in [-0.15, -0.1) is 0 Å². The number of piperazine rings is 1. The molecule has 2 rings (SSSR count). The molecule has 1 aliphatic heterocycles. The first-order valence-corrected chi connectivity index (χ1v) is 6.84. The number of hydrogen-bond donors (Lipinski definition) is 0. The van der Waals surface area contributed by atoms with Gasteiger partial charge in [-0.2, -0.15) is 13.2 Å². The van der Waals surface area contributed by atoms with Crippen molar-refractivity contribution >= 4 is 21.8 Å². The molecule has 1 amide bonds. The lowest BCUT2D eigenvalue weighted by Gasteiger charge is -2.34. The van der Waals surface area contributed by atoms with Crippen molar-refractivity contribution in [3.8, 4) is 0 Å². The number of alkyl halides is 3. The van der Waals surface area contributed by atoms with Gasteiger partial charge in [-0.3, -0.25) is 9.69 Å². The van der Waals surface area contributed by atoms with Crippen molar-refractivity contribution in [2.24, 2.45) is 0 Å². The number of rotatable bonds is 2. The molecule has 0 aromatic carbocycles. The molecular formula is C12H13BrF3N3O. The molecule has 0 atom stereocenters. The van der Waals surface area contributed by atoms with Gasteiger partial charge >= 0.3 is 6.18 Å². The minimum Gasteiger partial charge on any atom is -0.336 e. The third-order valence-corrected chi connectivity index (χ3v) is 3.51. The van der Waals surface area contributed by atoms with Gasteiger partial charge in [0.25, 0.3) is 5.91 Å². The minimum absolute atomic E-state index is 0.198. The van der Waals surface area contributed by atoms with E-state index < -0.39 is 12.7 Å². The number of amides is 1. The molecule has 1 aromatic rings. The summed E-state index contributed by atoms with van der Waals surface area (Å²) in [7, 11) is 0. The second kappa shape index (κ2) is 6.09. The second-order valence-electron chi connectivity index (χ2n) is 4.55. The van der Waals surface area contributed by atoms with Gasteiger partial charge in [0.1, 0.15) is 4.60 Å². The fourth-order valence-electron chi connectivity index (χ4n) is 2.05. The van der Waals surface area contributed by atoms with Gasteiger partial charge in [0.2, 0.25) is 0 Å². The molecule has 0 saturated carbocycles. The number of carbonyl (C=O) groups excluding carboxylic acids is 1. The van der Waals surface area contributed by atoms with E-state index in [0.29, 0.717) is 23.3 Å². The van der Waals surface area contributed by atoms with E-state index in [-0.39, 0.29) is 19.0 Å². The molecule has 0 aliphatic carbocycles. The summed E-state index contributed by atoms with van der Waals surface area (Å²) in [6.07, 6.45) is -2.74. The Bertz CT molecular complexity index is 470. The summed E-state index contributed by atoms with van der Waals surface area (Å²) >= 11 is 3.18. The van der Waals surface area contributed by atoms with Crippen molar-refractivity contribution in [3.63, 3.8) is 0 Å². The standard InChI is InChI=1S/C12H13BrF3N3O/c13-10-2-1-9(7-17-10)11(20)19-5-3-18(4-6-19)8-12(14,15)16/h1-2,7H,3-6,8H2. The van der Waals surface area contributed by atoms with Crippen LogP contribution in [0, 0.1) is 0 Å². The second-order valence-corrected chi connectivity index (χ2v) is 5.37. The van der Waals surface area contributed by atoms with Crippen molar-refractivity contribution in [3.05, 3.63) is 28.5 Å². The lowest BCUT2D eigenvalue weighted by atomic mass is 10.2. The highest BCUT2D eigenvalue weighted by Gasteiger charge is 2.32. The van der Waals surface area contributed by atoms with Gasteiger partial charge < -0.3 is 4.90 Å². The quantitative estimate of drug-likeness (QED) is 0.766. The molecule has 4 nitrogen and oxygen atoms in total. The Labute approximate surface area is 122 Å². The number of carbonyl (C=O) groups is 1. The maximum Gasteiger partial charge on any atom is 0.401 e. The van der Waals surface area contributed by atoms with Crippen LogP contribution in [0.25, 0.3) is 0 Å². The molecule has 0 N–H and O–H groups in total. The van der Waals surface area contributed by atoms with E-state index in [1.54, 1.807) is 17.0 Å². The van der Waals surface area contributed by atoms with E-state index in [9.17, 15) is 18.0 Å². The Hall–Kier alpha value is -1.15. The molecule has 0 unspecified atom stereocenters. The van der Waals surface area contributed by atoms with E-state index in [4.69, 9.17) is 0 Å². The van der Waals surface area contributed by atoms with Crippen LogP contribution in [0.3, 0.4) is 0 Å². The van der Waals surface area contributed by atoms with Gasteiger partial charge in [0.05, 0.1) is 12.1 Å². The largest absolute Gasteiger partial charge is 0.401 e. The molecule has 1 fully saturated rings. The van der Waals surface area contributed by atoms with E-state index in [1.165, 1.54) is 11.1 Å². The summed E-state index contributed by atoms with van der Waals surface area (Å²) in [4.78, 5) is 19.0. The molecule has 8 heteroatoms. The van der Waals surface area contributed by atoms with E-state index >= 15 is 0 Å². The van der Waals surface area contributed by atoms with Crippen LogP contribution in [0.1, 0.15) is 10.4 Å². The highest BCUT2D eigenvalue weighted by atomic mass is 79.9. The molecule has 2 heterocycles. The van der Waals surface area contributed by atoms with Gasteiger partial charge in [0, 0.05) is 32.4 Å². The zero-order chi connectivity index (χ0) is 14.8. The number of hydrogen-bond acceptors (Lipinski definition) is 3. The minimum atomic E-state index is -4.19. The average Bonchev–Trinajstić information content (AvgIpc) is 2.38. The molecule has 110 valence electrons. The highest BCUT2D eigenvalue weighted by molar-refractivity contribution is 9.10. The first-order chi connectivity index (χ1) is 9.35. The van der Waals surface area contributed by atoms with Gasteiger partial charge in [-0.1, -0.05) is 0 Å². The van der Waals surface area contributed by atoms with Crippen molar-refractivity contribution < 1.29 is 18.0 Å². The molecule has 0 spiro atoms. The Balaban J connectivity index is 1.90. The maximum absolute atomic E-state index is 12.3. The summed E-state index contributed by atoms with van der Waals surface area (Å²) in [5.74, 6) is -0.198. The first kappa shape index (κ1) is 15.2. The lowest BCUT2D eigenvalue weighted by Crippen LogP contribution is -2.50. The van der Waals surface area contributed by atoms with Crippen LogP contribution in [0.4, 0.5) is 13.2 Å². The van der Waals surface area contributed by atoms with E-state index in [1.807, 2.05) is 0 Å². The Morgan fingerprint density at radius 2 is 1.90 bits per heavy atom. The number of halogens is 4. The normalized spacial score (nSPS) is 17.3. The van der Waals surface area contributed by atoms with Gasteiger partial charge in [0.15, 0.2) is 0 Å². The van der Waals surface area contributed by atoms with Crippen molar-refractivity contribution in [2.75, 3.05) is 32.7 Å². The van der Waals surface area contributed by atoms with Crippen LogP contribution in [-0.4, -0.2) is 59.6 Å². The van der Waals surface area contributed by atoms with Crippen molar-refractivity contribution in [2.45, 2.75) is 6.18 Å². The van der Waals surface area contributed by atoms with Crippen molar-refractivity contribution in [1.29, 1.82) is 0 Å².